The van der Waals surface area contributed by atoms with Gasteiger partial charge >= 0.3 is 0 Å². The number of phenolic OH excluding ortho intramolecular Hbond substituents is 1. The maximum Gasteiger partial charge on any atom is 0.180 e. The van der Waals surface area contributed by atoms with Crippen LogP contribution < -0.4 is 4.74 Å². The average molecular weight is 229 g/mol. The fraction of sp³-hybridized carbons (Fsp3) is 0.200. The lowest BCUT2D eigenvalue weighted by molar-refractivity contribution is 0.323. The van der Waals surface area contributed by atoms with Crippen LogP contribution in [-0.2, 0) is 0 Å². The molecule has 14 heavy (non-hydrogen) atoms. The number of benzene rings is 1. The molecule has 0 saturated carbocycles. The van der Waals surface area contributed by atoms with Crippen molar-refractivity contribution in [3.8, 4) is 11.5 Å². The number of ether oxygens (including phenoxy) is 1. The lowest BCUT2D eigenvalue weighted by Crippen LogP contribution is -1.92. The second-order valence-corrected chi connectivity index (χ2v) is 4.13. The average Bonchev–Trinajstić information content (AvgIpc) is 2.60. The standard InChI is InChI=1S/C10H9ClO2S/c1-2-13-9-8(12)7(11)5-6-3-4-14-10(6)9/h3-5,12H,2H2,1H3. The van der Waals surface area contributed by atoms with E-state index < -0.39 is 0 Å². The zero-order valence-electron chi connectivity index (χ0n) is 7.58. The highest BCUT2D eigenvalue weighted by Gasteiger charge is 2.13. The molecule has 2 aromatic rings. The molecule has 0 aliphatic heterocycles. The minimum Gasteiger partial charge on any atom is -0.503 e. The Balaban J connectivity index is 2.73. The van der Waals surface area contributed by atoms with Gasteiger partial charge in [-0.1, -0.05) is 11.6 Å². The Morgan fingerprint density at radius 2 is 2.36 bits per heavy atom. The van der Waals surface area contributed by atoms with Crippen molar-refractivity contribution in [2.75, 3.05) is 6.61 Å². The van der Waals surface area contributed by atoms with Crippen molar-refractivity contribution < 1.29 is 9.84 Å². The molecule has 74 valence electrons. The molecule has 2 nitrogen and oxygen atoms in total. The summed E-state index contributed by atoms with van der Waals surface area (Å²) in [5, 5.41) is 13.0. The number of phenols is 1. The maximum absolute atomic E-state index is 9.69. The fourth-order valence-corrected chi connectivity index (χ4v) is 2.40. The molecule has 1 aromatic heterocycles. The Hall–Kier alpha value is -0.930. The van der Waals surface area contributed by atoms with Gasteiger partial charge in [0.2, 0.25) is 0 Å². The van der Waals surface area contributed by atoms with Gasteiger partial charge in [0.1, 0.15) is 0 Å². The van der Waals surface area contributed by atoms with Crippen LogP contribution in [0.4, 0.5) is 0 Å². The molecular weight excluding hydrogens is 220 g/mol. The van der Waals surface area contributed by atoms with Crippen LogP contribution in [0.15, 0.2) is 17.5 Å². The van der Waals surface area contributed by atoms with E-state index in [1.54, 1.807) is 6.07 Å². The Morgan fingerprint density at radius 1 is 1.57 bits per heavy atom. The molecule has 1 aromatic carbocycles. The summed E-state index contributed by atoms with van der Waals surface area (Å²) in [4.78, 5) is 0. The highest BCUT2D eigenvalue weighted by atomic mass is 35.5. The van der Waals surface area contributed by atoms with Gasteiger partial charge in [0, 0.05) is 0 Å². The van der Waals surface area contributed by atoms with Gasteiger partial charge in [-0.2, -0.15) is 0 Å². The van der Waals surface area contributed by atoms with Gasteiger partial charge in [-0.3, -0.25) is 0 Å². The van der Waals surface area contributed by atoms with Crippen molar-refractivity contribution in [3.63, 3.8) is 0 Å². The van der Waals surface area contributed by atoms with E-state index in [9.17, 15) is 5.11 Å². The van der Waals surface area contributed by atoms with Crippen molar-refractivity contribution in [2.24, 2.45) is 0 Å². The number of halogens is 1. The van der Waals surface area contributed by atoms with Crippen LogP contribution in [0.5, 0.6) is 11.5 Å². The summed E-state index contributed by atoms with van der Waals surface area (Å²) in [5.74, 6) is 0.522. The monoisotopic (exact) mass is 228 g/mol. The minimum atomic E-state index is 0.0310. The van der Waals surface area contributed by atoms with E-state index in [2.05, 4.69) is 0 Å². The lowest BCUT2D eigenvalue weighted by Gasteiger charge is -2.08. The molecule has 0 unspecified atom stereocenters. The van der Waals surface area contributed by atoms with Crippen molar-refractivity contribution in [1.82, 2.24) is 0 Å². The van der Waals surface area contributed by atoms with Gasteiger partial charge in [0.15, 0.2) is 11.5 Å². The molecule has 0 saturated heterocycles. The quantitative estimate of drug-likeness (QED) is 0.850. The van der Waals surface area contributed by atoms with E-state index in [0.29, 0.717) is 17.4 Å². The first kappa shape index (κ1) is 9.62. The van der Waals surface area contributed by atoms with E-state index in [1.165, 1.54) is 11.3 Å². The predicted molar refractivity (Wildman–Crippen MR) is 59.7 cm³/mol. The molecule has 0 atom stereocenters. The number of hydrogen-bond donors (Lipinski definition) is 1. The van der Waals surface area contributed by atoms with Gasteiger partial charge < -0.3 is 9.84 Å². The topological polar surface area (TPSA) is 29.5 Å². The Labute approximate surface area is 90.7 Å². The van der Waals surface area contributed by atoms with Crippen molar-refractivity contribution >= 4 is 33.0 Å². The van der Waals surface area contributed by atoms with Crippen LogP contribution in [0.3, 0.4) is 0 Å². The molecule has 2 rings (SSSR count). The second kappa shape index (κ2) is 3.67. The van der Waals surface area contributed by atoms with Gasteiger partial charge in [0.25, 0.3) is 0 Å². The lowest BCUT2D eigenvalue weighted by atomic mass is 10.2. The normalized spacial score (nSPS) is 10.7. The zero-order valence-corrected chi connectivity index (χ0v) is 9.15. The third-order valence-electron chi connectivity index (χ3n) is 1.91. The van der Waals surface area contributed by atoms with E-state index in [1.807, 2.05) is 18.4 Å². The van der Waals surface area contributed by atoms with Gasteiger partial charge in [-0.05, 0) is 29.8 Å². The molecule has 0 aliphatic rings. The first-order valence-corrected chi connectivity index (χ1v) is 5.51. The number of rotatable bonds is 2. The molecule has 0 aliphatic carbocycles. The summed E-state index contributed by atoms with van der Waals surface area (Å²) in [7, 11) is 0. The van der Waals surface area contributed by atoms with Gasteiger partial charge in [-0.15, -0.1) is 11.3 Å². The third-order valence-corrected chi connectivity index (χ3v) is 3.13. The number of thiophene rings is 1. The molecule has 0 amide bonds. The summed E-state index contributed by atoms with van der Waals surface area (Å²) in [5.41, 5.74) is 0. The van der Waals surface area contributed by atoms with Crippen LogP contribution in [0, 0.1) is 0 Å². The highest BCUT2D eigenvalue weighted by Crippen LogP contribution is 2.43. The Bertz CT molecular complexity index is 464. The summed E-state index contributed by atoms with van der Waals surface area (Å²) < 4.78 is 6.30. The molecule has 1 N–H and O–H groups in total. The van der Waals surface area contributed by atoms with E-state index in [4.69, 9.17) is 16.3 Å². The minimum absolute atomic E-state index is 0.0310. The Morgan fingerprint density at radius 3 is 3.07 bits per heavy atom. The van der Waals surface area contributed by atoms with Crippen LogP contribution in [0.25, 0.3) is 10.1 Å². The van der Waals surface area contributed by atoms with Crippen LogP contribution in [0.1, 0.15) is 6.92 Å². The number of fused-ring (bicyclic) bond motifs is 1. The van der Waals surface area contributed by atoms with E-state index in [0.717, 1.165) is 10.1 Å². The van der Waals surface area contributed by atoms with Crippen LogP contribution in [0.2, 0.25) is 5.02 Å². The summed E-state index contributed by atoms with van der Waals surface area (Å²) in [6.07, 6.45) is 0. The highest BCUT2D eigenvalue weighted by molar-refractivity contribution is 7.17. The molecule has 1 heterocycles. The number of hydrogen-bond acceptors (Lipinski definition) is 3. The first-order valence-electron chi connectivity index (χ1n) is 4.25. The van der Waals surface area contributed by atoms with Crippen LogP contribution >= 0.6 is 22.9 Å². The molecule has 0 spiro atoms. The van der Waals surface area contributed by atoms with E-state index >= 15 is 0 Å². The molecule has 0 fully saturated rings. The largest absolute Gasteiger partial charge is 0.503 e. The maximum atomic E-state index is 9.69. The smallest absolute Gasteiger partial charge is 0.180 e. The van der Waals surface area contributed by atoms with Crippen molar-refractivity contribution in [2.45, 2.75) is 6.92 Å². The number of aromatic hydroxyl groups is 1. The summed E-state index contributed by atoms with van der Waals surface area (Å²) in [6, 6.07) is 3.69. The van der Waals surface area contributed by atoms with Gasteiger partial charge in [0.05, 0.1) is 16.3 Å². The summed E-state index contributed by atoms with van der Waals surface area (Å²) in [6.45, 7) is 2.39. The molecular formula is C10H9ClO2S. The van der Waals surface area contributed by atoms with Crippen molar-refractivity contribution in [1.29, 1.82) is 0 Å². The SMILES string of the molecule is CCOc1c(O)c(Cl)cc2ccsc12. The van der Waals surface area contributed by atoms with Crippen LogP contribution in [-0.4, -0.2) is 11.7 Å². The van der Waals surface area contributed by atoms with Crippen molar-refractivity contribution in [3.05, 3.63) is 22.5 Å². The molecule has 0 radical (unpaired) electrons. The first-order chi connectivity index (χ1) is 6.74. The predicted octanol–water partition coefficient (Wildman–Crippen LogP) is 3.66. The zero-order chi connectivity index (χ0) is 10.1. The van der Waals surface area contributed by atoms with Gasteiger partial charge in [-0.25, -0.2) is 0 Å². The molecule has 4 heteroatoms. The fourth-order valence-electron chi connectivity index (χ4n) is 1.32. The second-order valence-electron chi connectivity index (χ2n) is 2.81. The summed E-state index contributed by atoms with van der Waals surface area (Å²) >= 11 is 7.39. The Kier molecular flexibility index (Phi) is 2.52. The van der Waals surface area contributed by atoms with E-state index in [-0.39, 0.29) is 5.75 Å². The third kappa shape index (κ3) is 1.42. The molecule has 0 bridgehead atoms.